The largest absolute Gasteiger partial charge is 0.496 e. The van der Waals surface area contributed by atoms with Crippen molar-refractivity contribution in [1.29, 1.82) is 0 Å². The molecular weight excluding hydrogens is 280 g/mol. The van der Waals surface area contributed by atoms with Crippen LogP contribution in [0, 0.1) is 11.8 Å². The van der Waals surface area contributed by atoms with Gasteiger partial charge in [-0.1, -0.05) is 29.8 Å². The minimum atomic E-state index is -0.307. The van der Waals surface area contributed by atoms with Crippen LogP contribution in [0.25, 0.3) is 0 Å². The maximum absolute atomic E-state index is 9.82. The van der Waals surface area contributed by atoms with E-state index in [1.807, 2.05) is 19.1 Å². The lowest BCUT2D eigenvalue weighted by molar-refractivity contribution is 0.0973. The molecule has 0 spiro atoms. The van der Waals surface area contributed by atoms with Crippen molar-refractivity contribution in [3.05, 3.63) is 28.2 Å². The van der Waals surface area contributed by atoms with E-state index >= 15 is 0 Å². The molecule has 2 unspecified atom stereocenters. The van der Waals surface area contributed by atoms with Crippen molar-refractivity contribution in [2.45, 2.75) is 33.3 Å². The number of hydrogen-bond donors (Lipinski definition) is 1. The highest BCUT2D eigenvalue weighted by atomic mass is 79.9. The maximum atomic E-state index is 9.82. The first-order valence-electron chi connectivity index (χ1n) is 5.96. The van der Waals surface area contributed by atoms with Crippen LogP contribution >= 0.6 is 15.9 Å². The second-order valence-corrected chi connectivity index (χ2v) is 5.72. The molecule has 17 heavy (non-hydrogen) atoms. The summed E-state index contributed by atoms with van der Waals surface area (Å²) in [5, 5.41) is 9.82. The molecule has 0 amide bonds. The smallest absolute Gasteiger partial charge is 0.122 e. The SMILES string of the molecule is COc1ccc(Br)cc1CC(C(C)C)C(C)O. The Balaban J connectivity index is 2.95. The summed E-state index contributed by atoms with van der Waals surface area (Å²) in [5.41, 5.74) is 1.14. The third-order valence-corrected chi connectivity index (χ3v) is 3.67. The zero-order valence-electron chi connectivity index (χ0n) is 10.9. The lowest BCUT2D eigenvalue weighted by Gasteiger charge is -2.24. The van der Waals surface area contributed by atoms with E-state index < -0.39 is 0 Å². The summed E-state index contributed by atoms with van der Waals surface area (Å²) < 4.78 is 6.40. The third kappa shape index (κ3) is 4.00. The molecule has 0 saturated heterocycles. The number of rotatable bonds is 5. The lowest BCUT2D eigenvalue weighted by atomic mass is 9.85. The number of hydrogen-bond acceptors (Lipinski definition) is 2. The van der Waals surface area contributed by atoms with Gasteiger partial charge in [0.05, 0.1) is 13.2 Å². The van der Waals surface area contributed by atoms with Gasteiger partial charge in [-0.3, -0.25) is 0 Å². The molecule has 1 aromatic carbocycles. The normalized spacial score (nSPS) is 14.8. The summed E-state index contributed by atoms with van der Waals surface area (Å²) >= 11 is 3.47. The second-order valence-electron chi connectivity index (χ2n) is 4.81. The van der Waals surface area contributed by atoms with Crippen LogP contribution in [0.4, 0.5) is 0 Å². The number of benzene rings is 1. The average molecular weight is 301 g/mol. The molecular formula is C14H21BrO2. The van der Waals surface area contributed by atoms with Crippen molar-refractivity contribution in [2.24, 2.45) is 11.8 Å². The summed E-state index contributed by atoms with van der Waals surface area (Å²) in [6, 6.07) is 5.99. The summed E-state index contributed by atoms with van der Waals surface area (Å²) in [4.78, 5) is 0. The zero-order chi connectivity index (χ0) is 13.0. The van der Waals surface area contributed by atoms with Crippen LogP contribution in [0.3, 0.4) is 0 Å². The van der Waals surface area contributed by atoms with E-state index in [1.165, 1.54) is 0 Å². The molecule has 2 atom stereocenters. The van der Waals surface area contributed by atoms with E-state index in [1.54, 1.807) is 7.11 Å². The minimum absolute atomic E-state index is 0.248. The van der Waals surface area contributed by atoms with Crippen LogP contribution in [-0.4, -0.2) is 18.3 Å². The molecule has 0 aliphatic carbocycles. The van der Waals surface area contributed by atoms with E-state index in [2.05, 4.69) is 35.8 Å². The van der Waals surface area contributed by atoms with E-state index in [0.29, 0.717) is 5.92 Å². The molecule has 2 nitrogen and oxygen atoms in total. The van der Waals surface area contributed by atoms with Crippen LogP contribution in [0.5, 0.6) is 5.75 Å². The van der Waals surface area contributed by atoms with Gasteiger partial charge in [0.25, 0.3) is 0 Å². The standard InChI is InChI=1S/C14H21BrO2/c1-9(2)13(10(3)16)8-11-7-12(15)5-6-14(11)17-4/h5-7,9-10,13,16H,8H2,1-4H3. The molecule has 0 radical (unpaired) electrons. The first-order valence-corrected chi connectivity index (χ1v) is 6.75. The Morgan fingerprint density at radius 1 is 1.29 bits per heavy atom. The fraction of sp³-hybridized carbons (Fsp3) is 0.571. The molecule has 0 fully saturated rings. The second kappa shape index (κ2) is 6.41. The summed E-state index contributed by atoms with van der Waals surface area (Å²) in [6.45, 7) is 6.14. The molecule has 0 aliphatic rings. The van der Waals surface area contributed by atoms with Crippen LogP contribution in [0.15, 0.2) is 22.7 Å². The van der Waals surface area contributed by atoms with Gasteiger partial charge in [-0.2, -0.15) is 0 Å². The Hall–Kier alpha value is -0.540. The van der Waals surface area contributed by atoms with Gasteiger partial charge in [-0.15, -0.1) is 0 Å². The fourth-order valence-electron chi connectivity index (χ4n) is 2.12. The van der Waals surface area contributed by atoms with Gasteiger partial charge >= 0.3 is 0 Å². The van der Waals surface area contributed by atoms with Crippen molar-refractivity contribution < 1.29 is 9.84 Å². The molecule has 0 aromatic heterocycles. The molecule has 0 aliphatic heterocycles. The quantitative estimate of drug-likeness (QED) is 0.899. The molecule has 0 heterocycles. The Bertz CT molecular complexity index is 353. The molecule has 1 rings (SSSR count). The van der Waals surface area contributed by atoms with Gasteiger partial charge in [0, 0.05) is 4.47 Å². The third-order valence-electron chi connectivity index (χ3n) is 3.17. The maximum Gasteiger partial charge on any atom is 0.122 e. The predicted molar refractivity (Wildman–Crippen MR) is 74.4 cm³/mol. The zero-order valence-corrected chi connectivity index (χ0v) is 12.5. The summed E-state index contributed by atoms with van der Waals surface area (Å²) in [6.07, 6.45) is 0.525. The van der Waals surface area contributed by atoms with Crippen LogP contribution in [0.2, 0.25) is 0 Å². The number of aliphatic hydroxyl groups is 1. The Morgan fingerprint density at radius 3 is 2.41 bits per heavy atom. The van der Waals surface area contributed by atoms with Gasteiger partial charge in [-0.25, -0.2) is 0 Å². The molecule has 1 N–H and O–H groups in total. The average Bonchev–Trinajstić information content (AvgIpc) is 2.25. The highest BCUT2D eigenvalue weighted by molar-refractivity contribution is 9.10. The van der Waals surface area contributed by atoms with Gasteiger partial charge in [0.15, 0.2) is 0 Å². The molecule has 3 heteroatoms. The Labute approximate surface area is 112 Å². The lowest BCUT2D eigenvalue weighted by Crippen LogP contribution is -2.24. The van der Waals surface area contributed by atoms with E-state index in [-0.39, 0.29) is 12.0 Å². The number of ether oxygens (including phenoxy) is 1. The van der Waals surface area contributed by atoms with Crippen molar-refractivity contribution in [1.82, 2.24) is 0 Å². The fourth-order valence-corrected chi connectivity index (χ4v) is 2.53. The van der Waals surface area contributed by atoms with Gasteiger partial charge in [-0.05, 0) is 48.9 Å². The van der Waals surface area contributed by atoms with Crippen LogP contribution in [-0.2, 0) is 6.42 Å². The molecule has 96 valence electrons. The monoisotopic (exact) mass is 300 g/mol. The Morgan fingerprint density at radius 2 is 1.94 bits per heavy atom. The highest BCUT2D eigenvalue weighted by Gasteiger charge is 2.21. The molecule has 0 bridgehead atoms. The molecule has 1 aromatic rings. The number of methoxy groups -OCH3 is 1. The van der Waals surface area contributed by atoms with E-state index in [9.17, 15) is 5.11 Å². The van der Waals surface area contributed by atoms with Crippen LogP contribution < -0.4 is 4.74 Å². The van der Waals surface area contributed by atoms with Crippen LogP contribution in [0.1, 0.15) is 26.3 Å². The molecule has 0 saturated carbocycles. The predicted octanol–water partition coefficient (Wildman–Crippen LogP) is 3.65. The highest BCUT2D eigenvalue weighted by Crippen LogP contribution is 2.29. The topological polar surface area (TPSA) is 29.5 Å². The summed E-state index contributed by atoms with van der Waals surface area (Å²) in [5.74, 6) is 1.58. The van der Waals surface area contributed by atoms with Crippen molar-refractivity contribution >= 4 is 15.9 Å². The van der Waals surface area contributed by atoms with Crippen molar-refractivity contribution in [3.63, 3.8) is 0 Å². The minimum Gasteiger partial charge on any atom is -0.496 e. The number of halogens is 1. The Kier molecular flexibility index (Phi) is 5.47. The van der Waals surface area contributed by atoms with Gasteiger partial charge in [0.2, 0.25) is 0 Å². The first kappa shape index (κ1) is 14.5. The van der Waals surface area contributed by atoms with E-state index in [0.717, 1.165) is 22.2 Å². The van der Waals surface area contributed by atoms with Gasteiger partial charge < -0.3 is 9.84 Å². The first-order chi connectivity index (χ1) is 7.95. The summed E-state index contributed by atoms with van der Waals surface area (Å²) in [7, 11) is 1.68. The van der Waals surface area contributed by atoms with Crippen molar-refractivity contribution in [2.75, 3.05) is 7.11 Å². The van der Waals surface area contributed by atoms with E-state index in [4.69, 9.17) is 4.74 Å². The van der Waals surface area contributed by atoms with Gasteiger partial charge in [0.1, 0.15) is 5.75 Å². The van der Waals surface area contributed by atoms with Crippen molar-refractivity contribution in [3.8, 4) is 5.75 Å². The number of aliphatic hydroxyl groups excluding tert-OH is 1.